The number of hydrogen-bond donors (Lipinski definition) is 1. The molecule has 1 aliphatic heterocycles. The minimum absolute atomic E-state index is 0.258. The fourth-order valence-electron chi connectivity index (χ4n) is 3.36. The summed E-state index contributed by atoms with van der Waals surface area (Å²) >= 11 is 0. The van der Waals surface area contributed by atoms with E-state index in [4.69, 9.17) is 9.15 Å². The summed E-state index contributed by atoms with van der Waals surface area (Å²) in [6.07, 6.45) is 8.14. The van der Waals surface area contributed by atoms with E-state index >= 15 is 0 Å². The van der Waals surface area contributed by atoms with Crippen molar-refractivity contribution in [1.29, 1.82) is 0 Å². The lowest BCUT2D eigenvalue weighted by molar-refractivity contribution is -0.0352. The molecule has 1 atom stereocenters. The van der Waals surface area contributed by atoms with Crippen LogP contribution in [0, 0.1) is 6.92 Å². The Morgan fingerprint density at radius 1 is 1.28 bits per heavy atom. The molecule has 2 heterocycles. The molecule has 1 N–H and O–H groups in total. The van der Waals surface area contributed by atoms with Gasteiger partial charge in [-0.15, -0.1) is 0 Å². The van der Waals surface area contributed by atoms with Crippen molar-refractivity contribution in [3.63, 3.8) is 0 Å². The van der Waals surface area contributed by atoms with Gasteiger partial charge in [0.2, 0.25) is 0 Å². The number of hydrogen-bond acceptors (Lipinski definition) is 3. The fraction of sp³-hybridized carbons (Fsp3) is 0.733. The van der Waals surface area contributed by atoms with Gasteiger partial charge >= 0.3 is 0 Å². The third-order valence-corrected chi connectivity index (χ3v) is 4.32. The van der Waals surface area contributed by atoms with E-state index in [9.17, 15) is 0 Å². The molecule has 0 bridgehead atoms. The molecule has 2 aliphatic rings. The minimum Gasteiger partial charge on any atom is -0.465 e. The summed E-state index contributed by atoms with van der Waals surface area (Å²) in [7, 11) is 0. The summed E-state index contributed by atoms with van der Waals surface area (Å²) < 4.78 is 11.8. The monoisotopic (exact) mass is 249 g/mol. The summed E-state index contributed by atoms with van der Waals surface area (Å²) in [5, 5.41) is 3.44. The highest BCUT2D eigenvalue weighted by Gasteiger charge is 2.41. The molecule has 3 rings (SSSR count). The molecular weight excluding hydrogens is 226 g/mol. The van der Waals surface area contributed by atoms with Crippen molar-refractivity contribution >= 4 is 0 Å². The van der Waals surface area contributed by atoms with Gasteiger partial charge in [-0.1, -0.05) is 12.8 Å². The first-order valence-electron chi connectivity index (χ1n) is 7.20. The zero-order valence-corrected chi connectivity index (χ0v) is 11.2. The highest BCUT2D eigenvalue weighted by Crippen LogP contribution is 2.43. The molecular formula is C15H23NO2. The molecule has 2 fully saturated rings. The van der Waals surface area contributed by atoms with Crippen LogP contribution in [-0.4, -0.2) is 18.2 Å². The van der Waals surface area contributed by atoms with Gasteiger partial charge in [0.05, 0.1) is 18.2 Å². The third-order valence-electron chi connectivity index (χ3n) is 4.32. The predicted molar refractivity (Wildman–Crippen MR) is 70.5 cm³/mol. The van der Waals surface area contributed by atoms with Crippen LogP contribution in [0.3, 0.4) is 0 Å². The van der Waals surface area contributed by atoms with Gasteiger partial charge in [-0.05, 0) is 44.7 Å². The van der Waals surface area contributed by atoms with Gasteiger partial charge in [-0.3, -0.25) is 0 Å². The van der Waals surface area contributed by atoms with Gasteiger partial charge in [0.1, 0.15) is 11.5 Å². The van der Waals surface area contributed by atoms with E-state index in [1.54, 1.807) is 0 Å². The molecule has 3 nitrogen and oxygen atoms in total. The first-order chi connectivity index (χ1) is 8.76. The molecule has 1 unspecified atom stereocenters. The summed E-state index contributed by atoms with van der Waals surface area (Å²) in [6, 6.07) is 4.05. The summed E-state index contributed by atoms with van der Waals surface area (Å²) in [4.78, 5) is 0. The SMILES string of the molecule is Cc1ccc(CNCC2CCC3(CCCC3)O2)o1. The first-order valence-corrected chi connectivity index (χ1v) is 7.20. The normalized spacial score (nSPS) is 26.2. The van der Waals surface area contributed by atoms with Gasteiger partial charge < -0.3 is 14.5 Å². The van der Waals surface area contributed by atoms with Crippen LogP contribution in [0.5, 0.6) is 0 Å². The van der Waals surface area contributed by atoms with Crippen molar-refractivity contribution in [1.82, 2.24) is 5.32 Å². The molecule has 0 amide bonds. The van der Waals surface area contributed by atoms with Crippen LogP contribution in [0.25, 0.3) is 0 Å². The second-order valence-electron chi connectivity index (χ2n) is 5.81. The molecule has 100 valence electrons. The molecule has 1 aromatic heterocycles. The van der Waals surface area contributed by atoms with Crippen LogP contribution in [-0.2, 0) is 11.3 Å². The number of nitrogens with one attached hydrogen (secondary N) is 1. The first kappa shape index (κ1) is 12.2. The van der Waals surface area contributed by atoms with Crippen LogP contribution in [0.15, 0.2) is 16.5 Å². The standard InChI is InChI=1S/C15H23NO2/c1-12-4-5-13(17-12)10-16-11-14-6-9-15(18-14)7-2-3-8-15/h4-5,14,16H,2-3,6-11H2,1H3. The Morgan fingerprint density at radius 2 is 2.11 bits per heavy atom. The molecule has 1 spiro atoms. The van der Waals surface area contributed by atoms with Crippen molar-refractivity contribution in [2.24, 2.45) is 0 Å². The lowest BCUT2D eigenvalue weighted by Crippen LogP contribution is -2.30. The Balaban J connectivity index is 1.42. The topological polar surface area (TPSA) is 34.4 Å². The molecule has 0 aromatic carbocycles. The van der Waals surface area contributed by atoms with Crippen LogP contribution >= 0.6 is 0 Å². The minimum atomic E-state index is 0.258. The maximum absolute atomic E-state index is 6.26. The highest BCUT2D eigenvalue weighted by molar-refractivity contribution is 5.05. The predicted octanol–water partition coefficient (Wildman–Crippen LogP) is 3.17. The maximum atomic E-state index is 6.26. The Kier molecular flexibility index (Phi) is 3.44. The Morgan fingerprint density at radius 3 is 2.83 bits per heavy atom. The summed E-state index contributed by atoms with van der Waals surface area (Å²) in [5.74, 6) is 2.00. The van der Waals surface area contributed by atoms with Crippen molar-refractivity contribution in [2.45, 2.75) is 63.7 Å². The summed E-state index contributed by atoms with van der Waals surface area (Å²) in [5.41, 5.74) is 0.258. The van der Waals surface area contributed by atoms with Gasteiger partial charge in [0.25, 0.3) is 0 Å². The van der Waals surface area contributed by atoms with Gasteiger partial charge in [-0.2, -0.15) is 0 Å². The molecule has 3 heteroatoms. The van der Waals surface area contributed by atoms with E-state index in [1.807, 2.05) is 19.1 Å². The Labute approximate surface area is 109 Å². The van der Waals surface area contributed by atoms with E-state index < -0.39 is 0 Å². The smallest absolute Gasteiger partial charge is 0.117 e. The lowest BCUT2D eigenvalue weighted by Gasteiger charge is -2.23. The van der Waals surface area contributed by atoms with Gasteiger partial charge in [0, 0.05) is 6.54 Å². The van der Waals surface area contributed by atoms with Gasteiger partial charge in [-0.25, -0.2) is 0 Å². The highest BCUT2D eigenvalue weighted by atomic mass is 16.5. The second-order valence-corrected chi connectivity index (χ2v) is 5.81. The van der Waals surface area contributed by atoms with Crippen LogP contribution in [0.2, 0.25) is 0 Å². The molecule has 1 aliphatic carbocycles. The average Bonchev–Trinajstić information content (AvgIpc) is 3.05. The fourth-order valence-corrected chi connectivity index (χ4v) is 3.36. The van der Waals surface area contributed by atoms with E-state index in [1.165, 1.54) is 38.5 Å². The van der Waals surface area contributed by atoms with Crippen molar-refractivity contribution < 1.29 is 9.15 Å². The second kappa shape index (κ2) is 5.06. The van der Waals surface area contributed by atoms with Gasteiger partial charge in [0.15, 0.2) is 0 Å². The Hall–Kier alpha value is -0.800. The number of aryl methyl sites for hydroxylation is 1. The van der Waals surface area contributed by atoms with E-state index in [0.717, 1.165) is 24.6 Å². The summed E-state index contributed by atoms with van der Waals surface area (Å²) in [6.45, 7) is 3.73. The molecule has 1 saturated carbocycles. The third kappa shape index (κ3) is 2.62. The number of ether oxygens (including phenoxy) is 1. The lowest BCUT2D eigenvalue weighted by atomic mass is 9.98. The van der Waals surface area contributed by atoms with Crippen LogP contribution in [0.4, 0.5) is 0 Å². The van der Waals surface area contributed by atoms with Crippen molar-refractivity contribution in [2.75, 3.05) is 6.54 Å². The zero-order chi connectivity index (χ0) is 12.4. The number of rotatable bonds is 4. The Bertz CT molecular complexity index is 393. The average molecular weight is 249 g/mol. The van der Waals surface area contributed by atoms with Crippen LogP contribution < -0.4 is 5.32 Å². The van der Waals surface area contributed by atoms with Crippen molar-refractivity contribution in [3.8, 4) is 0 Å². The maximum Gasteiger partial charge on any atom is 0.117 e. The zero-order valence-electron chi connectivity index (χ0n) is 11.2. The number of furan rings is 1. The molecule has 1 aromatic rings. The molecule has 1 saturated heterocycles. The largest absolute Gasteiger partial charge is 0.465 e. The van der Waals surface area contributed by atoms with E-state index in [-0.39, 0.29) is 5.60 Å². The molecule has 18 heavy (non-hydrogen) atoms. The quantitative estimate of drug-likeness (QED) is 0.890. The molecule has 0 radical (unpaired) electrons. The van der Waals surface area contributed by atoms with E-state index in [0.29, 0.717) is 6.10 Å². The van der Waals surface area contributed by atoms with E-state index in [2.05, 4.69) is 5.32 Å². The van der Waals surface area contributed by atoms with Crippen LogP contribution in [0.1, 0.15) is 50.0 Å². The van der Waals surface area contributed by atoms with Crippen molar-refractivity contribution in [3.05, 3.63) is 23.7 Å².